The lowest BCUT2D eigenvalue weighted by molar-refractivity contribution is -0.123. The molecule has 1 fully saturated rings. The number of rotatable bonds is 7. The summed E-state index contributed by atoms with van der Waals surface area (Å²) in [6, 6.07) is 0.109. The third-order valence-corrected chi connectivity index (χ3v) is 3.45. The van der Waals surface area contributed by atoms with Gasteiger partial charge in [0.05, 0.1) is 19.2 Å². The summed E-state index contributed by atoms with van der Waals surface area (Å²) in [6.07, 6.45) is 1.11. The molecule has 1 unspecified atom stereocenters. The maximum Gasteiger partial charge on any atom is 0.234 e. The van der Waals surface area contributed by atoms with E-state index in [1.165, 1.54) is 0 Å². The van der Waals surface area contributed by atoms with Crippen LogP contribution in [-0.2, 0) is 9.53 Å². The minimum atomic E-state index is 0.109. The van der Waals surface area contributed by atoms with Crippen LogP contribution in [0, 0.1) is 5.92 Å². The molecule has 0 bridgehead atoms. The van der Waals surface area contributed by atoms with Crippen molar-refractivity contribution in [1.29, 1.82) is 0 Å². The minimum absolute atomic E-state index is 0.109. The van der Waals surface area contributed by atoms with Gasteiger partial charge >= 0.3 is 0 Å². The van der Waals surface area contributed by atoms with Crippen molar-refractivity contribution in [3.8, 4) is 0 Å². The van der Waals surface area contributed by atoms with E-state index in [0.29, 0.717) is 25.7 Å². The Balaban J connectivity index is 2.34. The summed E-state index contributed by atoms with van der Waals surface area (Å²) in [5.41, 5.74) is 0. The van der Waals surface area contributed by atoms with Crippen molar-refractivity contribution in [2.24, 2.45) is 5.92 Å². The Morgan fingerprint density at radius 1 is 1.37 bits per heavy atom. The standard InChI is InChI=1S/C14H29N3O2/c1-4-19-11-13(12(2)3)16-14(18)10-17-8-5-6-15-7-9-17/h12-13,15H,4-11H2,1-3H3,(H,16,18). The molecular weight excluding hydrogens is 242 g/mol. The highest BCUT2D eigenvalue weighted by Crippen LogP contribution is 2.03. The third kappa shape index (κ3) is 6.89. The second-order valence-corrected chi connectivity index (χ2v) is 5.46. The van der Waals surface area contributed by atoms with Crippen LogP contribution in [0.1, 0.15) is 27.2 Å². The Morgan fingerprint density at radius 3 is 2.84 bits per heavy atom. The molecule has 1 aliphatic heterocycles. The van der Waals surface area contributed by atoms with Crippen LogP contribution in [0.3, 0.4) is 0 Å². The fourth-order valence-electron chi connectivity index (χ4n) is 2.16. The van der Waals surface area contributed by atoms with Gasteiger partial charge in [-0.3, -0.25) is 9.69 Å². The molecule has 1 atom stereocenters. The smallest absolute Gasteiger partial charge is 0.234 e. The fraction of sp³-hybridized carbons (Fsp3) is 0.929. The highest BCUT2D eigenvalue weighted by molar-refractivity contribution is 5.78. The van der Waals surface area contributed by atoms with Crippen LogP contribution in [-0.4, -0.2) is 62.8 Å². The molecule has 1 heterocycles. The van der Waals surface area contributed by atoms with Gasteiger partial charge < -0.3 is 15.4 Å². The van der Waals surface area contributed by atoms with Crippen molar-refractivity contribution in [2.45, 2.75) is 33.2 Å². The molecule has 1 amide bonds. The van der Waals surface area contributed by atoms with Gasteiger partial charge in [0, 0.05) is 19.7 Å². The maximum absolute atomic E-state index is 12.1. The van der Waals surface area contributed by atoms with E-state index in [4.69, 9.17) is 4.74 Å². The fourth-order valence-corrected chi connectivity index (χ4v) is 2.16. The molecule has 1 rings (SSSR count). The first-order valence-corrected chi connectivity index (χ1v) is 7.43. The normalized spacial score (nSPS) is 19.2. The number of nitrogens with zero attached hydrogens (tertiary/aromatic N) is 1. The summed E-state index contributed by atoms with van der Waals surface area (Å²) in [5.74, 6) is 0.501. The molecule has 0 aromatic heterocycles. The van der Waals surface area contributed by atoms with Gasteiger partial charge in [-0.1, -0.05) is 13.8 Å². The third-order valence-electron chi connectivity index (χ3n) is 3.45. The molecular formula is C14H29N3O2. The van der Waals surface area contributed by atoms with Crippen LogP contribution in [0.25, 0.3) is 0 Å². The van der Waals surface area contributed by atoms with Crippen molar-refractivity contribution >= 4 is 5.91 Å². The topological polar surface area (TPSA) is 53.6 Å². The first kappa shape index (κ1) is 16.4. The number of nitrogens with one attached hydrogen (secondary N) is 2. The largest absolute Gasteiger partial charge is 0.380 e. The molecule has 2 N–H and O–H groups in total. The highest BCUT2D eigenvalue weighted by atomic mass is 16.5. The number of carbonyl (C=O) groups excluding carboxylic acids is 1. The van der Waals surface area contributed by atoms with Crippen LogP contribution < -0.4 is 10.6 Å². The lowest BCUT2D eigenvalue weighted by atomic mass is 10.1. The molecule has 1 saturated heterocycles. The number of carbonyl (C=O) groups is 1. The molecule has 5 heteroatoms. The zero-order valence-corrected chi connectivity index (χ0v) is 12.6. The average Bonchev–Trinajstić information content (AvgIpc) is 2.62. The monoisotopic (exact) mass is 271 g/mol. The molecule has 0 saturated carbocycles. The maximum atomic E-state index is 12.1. The Morgan fingerprint density at radius 2 is 2.16 bits per heavy atom. The molecule has 1 aliphatic rings. The molecule has 112 valence electrons. The van der Waals surface area contributed by atoms with Gasteiger partial charge in [-0.25, -0.2) is 0 Å². The number of hydrogen-bond acceptors (Lipinski definition) is 4. The van der Waals surface area contributed by atoms with Crippen molar-refractivity contribution in [1.82, 2.24) is 15.5 Å². The van der Waals surface area contributed by atoms with Gasteiger partial charge in [0.2, 0.25) is 5.91 Å². The Bertz CT molecular complexity index is 251. The summed E-state index contributed by atoms with van der Waals surface area (Å²) < 4.78 is 5.43. The van der Waals surface area contributed by atoms with Gasteiger partial charge in [-0.05, 0) is 32.4 Å². The first-order valence-electron chi connectivity index (χ1n) is 7.43. The van der Waals surface area contributed by atoms with Crippen LogP contribution in [0.2, 0.25) is 0 Å². The lowest BCUT2D eigenvalue weighted by Gasteiger charge is -2.24. The Kier molecular flexibility index (Phi) is 8.02. The first-order chi connectivity index (χ1) is 9.13. The lowest BCUT2D eigenvalue weighted by Crippen LogP contribution is -2.46. The molecule has 0 aliphatic carbocycles. The van der Waals surface area contributed by atoms with Crippen LogP contribution >= 0.6 is 0 Å². The Labute approximate surface area is 117 Å². The van der Waals surface area contributed by atoms with Gasteiger partial charge in [-0.15, -0.1) is 0 Å². The zero-order chi connectivity index (χ0) is 14.1. The summed E-state index contributed by atoms with van der Waals surface area (Å²) in [7, 11) is 0. The van der Waals surface area contributed by atoms with E-state index in [1.807, 2.05) is 6.92 Å². The van der Waals surface area contributed by atoms with E-state index in [0.717, 1.165) is 32.6 Å². The summed E-state index contributed by atoms with van der Waals surface area (Å²) in [6.45, 7) is 12.0. The van der Waals surface area contributed by atoms with Crippen molar-refractivity contribution in [3.05, 3.63) is 0 Å². The van der Waals surface area contributed by atoms with E-state index >= 15 is 0 Å². The molecule has 0 aromatic carbocycles. The molecule has 0 radical (unpaired) electrons. The van der Waals surface area contributed by atoms with Gasteiger partial charge in [0.1, 0.15) is 0 Å². The van der Waals surface area contributed by atoms with Crippen LogP contribution in [0.15, 0.2) is 0 Å². The van der Waals surface area contributed by atoms with E-state index in [9.17, 15) is 4.79 Å². The molecule has 0 aromatic rings. The van der Waals surface area contributed by atoms with E-state index in [2.05, 4.69) is 29.4 Å². The van der Waals surface area contributed by atoms with Crippen LogP contribution in [0.5, 0.6) is 0 Å². The molecule has 5 nitrogen and oxygen atoms in total. The minimum Gasteiger partial charge on any atom is -0.380 e. The van der Waals surface area contributed by atoms with Gasteiger partial charge in [0.25, 0.3) is 0 Å². The second-order valence-electron chi connectivity index (χ2n) is 5.46. The van der Waals surface area contributed by atoms with E-state index in [1.54, 1.807) is 0 Å². The summed E-state index contributed by atoms with van der Waals surface area (Å²) in [4.78, 5) is 14.3. The second kappa shape index (κ2) is 9.28. The van der Waals surface area contributed by atoms with Crippen molar-refractivity contribution < 1.29 is 9.53 Å². The van der Waals surface area contributed by atoms with Gasteiger partial charge in [0.15, 0.2) is 0 Å². The van der Waals surface area contributed by atoms with E-state index < -0.39 is 0 Å². The average molecular weight is 271 g/mol. The predicted molar refractivity (Wildman–Crippen MR) is 77.2 cm³/mol. The molecule has 19 heavy (non-hydrogen) atoms. The number of hydrogen-bond donors (Lipinski definition) is 2. The SMILES string of the molecule is CCOCC(NC(=O)CN1CCCNCC1)C(C)C. The van der Waals surface area contributed by atoms with E-state index in [-0.39, 0.29) is 11.9 Å². The highest BCUT2D eigenvalue weighted by Gasteiger charge is 2.18. The number of ether oxygens (including phenoxy) is 1. The summed E-state index contributed by atoms with van der Waals surface area (Å²) >= 11 is 0. The Hall–Kier alpha value is -0.650. The van der Waals surface area contributed by atoms with Crippen LogP contribution in [0.4, 0.5) is 0 Å². The summed E-state index contributed by atoms with van der Waals surface area (Å²) in [5, 5.41) is 6.44. The van der Waals surface area contributed by atoms with Gasteiger partial charge in [-0.2, -0.15) is 0 Å². The quantitative estimate of drug-likeness (QED) is 0.706. The van der Waals surface area contributed by atoms with Crippen molar-refractivity contribution in [3.63, 3.8) is 0 Å². The number of amides is 1. The zero-order valence-electron chi connectivity index (χ0n) is 12.6. The predicted octanol–water partition coefficient (Wildman–Crippen LogP) is 0.459. The van der Waals surface area contributed by atoms with Crippen molar-refractivity contribution in [2.75, 3.05) is 45.9 Å². The molecule has 0 spiro atoms.